The van der Waals surface area contributed by atoms with Gasteiger partial charge in [0.1, 0.15) is 28.3 Å². The predicted molar refractivity (Wildman–Crippen MR) is 162 cm³/mol. The summed E-state index contributed by atoms with van der Waals surface area (Å²) in [6.07, 6.45) is 2.87. The number of hydrogen-bond acceptors (Lipinski definition) is 6. The zero-order valence-corrected chi connectivity index (χ0v) is 23.8. The minimum atomic E-state index is -0.420. The Hall–Kier alpha value is -4.18. The van der Waals surface area contributed by atoms with Crippen LogP contribution < -0.4 is 15.4 Å². The van der Waals surface area contributed by atoms with Crippen molar-refractivity contribution in [2.24, 2.45) is 0 Å². The fourth-order valence-electron chi connectivity index (χ4n) is 3.91. The van der Waals surface area contributed by atoms with E-state index in [4.69, 9.17) is 44.6 Å². The van der Waals surface area contributed by atoms with Crippen LogP contribution in [0.15, 0.2) is 77.2 Å². The number of thiocarbonyl (C=S) groups is 1. The zero-order chi connectivity index (χ0) is 28.2. The Morgan fingerprint density at radius 1 is 1.07 bits per heavy atom. The number of nitrogens with one attached hydrogen (secondary N) is 2. The maximum absolute atomic E-state index is 12.5. The monoisotopic (exact) mass is 591 g/mol. The van der Waals surface area contributed by atoms with Crippen LogP contribution in [0.5, 0.6) is 5.75 Å². The molecule has 0 aliphatic heterocycles. The lowest BCUT2D eigenvalue weighted by atomic mass is 10.2. The number of carbonyl (C=O) groups excluding carboxylic acids is 1. The first-order chi connectivity index (χ1) is 19.3. The summed E-state index contributed by atoms with van der Waals surface area (Å²) in [5.74, 6) is 1.37. The summed E-state index contributed by atoms with van der Waals surface area (Å²) in [5, 5.41) is 15.8. The highest BCUT2D eigenvalue weighted by Gasteiger charge is 2.12. The molecule has 11 heteroatoms. The van der Waals surface area contributed by atoms with Gasteiger partial charge in [0.05, 0.1) is 22.3 Å². The highest BCUT2D eigenvalue weighted by molar-refractivity contribution is 7.80. The van der Waals surface area contributed by atoms with Crippen molar-refractivity contribution in [3.8, 4) is 22.8 Å². The van der Waals surface area contributed by atoms with E-state index in [1.807, 2.05) is 50.2 Å². The lowest BCUT2D eigenvalue weighted by molar-refractivity contribution is -0.115. The predicted octanol–water partition coefficient (Wildman–Crippen LogP) is 7.22. The number of aromatic nitrogens is 3. The van der Waals surface area contributed by atoms with Crippen LogP contribution in [0.2, 0.25) is 10.0 Å². The van der Waals surface area contributed by atoms with Crippen LogP contribution in [0, 0.1) is 6.92 Å². The molecular weight excluding hydrogens is 569 g/mol. The zero-order valence-electron chi connectivity index (χ0n) is 21.4. The van der Waals surface area contributed by atoms with E-state index in [1.54, 1.807) is 35.1 Å². The van der Waals surface area contributed by atoms with Crippen LogP contribution in [0.25, 0.3) is 34.1 Å². The van der Waals surface area contributed by atoms with Crippen LogP contribution in [-0.4, -0.2) is 32.6 Å². The van der Waals surface area contributed by atoms with Crippen LogP contribution in [0.4, 0.5) is 5.69 Å². The largest absolute Gasteiger partial charge is 0.494 e. The fourth-order valence-corrected chi connectivity index (χ4v) is 4.51. The van der Waals surface area contributed by atoms with Crippen LogP contribution in [0.1, 0.15) is 18.2 Å². The van der Waals surface area contributed by atoms with Gasteiger partial charge < -0.3 is 14.5 Å². The van der Waals surface area contributed by atoms with Crippen LogP contribution in [0.3, 0.4) is 0 Å². The lowest BCUT2D eigenvalue weighted by Crippen LogP contribution is -2.33. The van der Waals surface area contributed by atoms with Crippen molar-refractivity contribution >= 4 is 69.2 Å². The number of fused-ring (bicyclic) bond motifs is 1. The third-order valence-electron chi connectivity index (χ3n) is 5.83. The highest BCUT2D eigenvalue weighted by atomic mass is 35.5. The molecule has 0 bridgehead atoms. The van der Waals surface area contributed by atoms with E-state index in [-0.39, 0.29) is 5.11 Å². The second kappa shape index (κ2) is 11.9. The van der Waals surface area contributed by atoms with Crippen molar-refractivity contribution in [3.05, 3.63) is 94.2 Å². The quantitative estimate of drug-likeness (QED) is 0.152. The summed E-state index contributed by atoms with van der Waals surface area (Å²) < 4.78 is 11.3. The molecule has 2 N–H and O–H groups in total. The first kappa shape index (κ1) is 27.4. The van der Waals surface area contributed by atoms with E-state index in [0.29, 0.717) is 44.9 Å². The van der Waals surface area contributed by atoms with E-state index < -0.39 is 5.91 Å². The molecule has 0 radical (unpaired) electrons. The van der Waals surface area contributed by atoms with E-state index in [1.165, 1.54) is 12.2 Å². The van der Waals surface area contributed by atoms with Crippen molar-refractivity contribution in [3.63, 3.8) is 0 Å². The number of hydrogen-bond donors (Lipinski definition) is 2. The van der Waals surface area contributed by atoms with Gasteiger partial charge in [-0.05, 0) is 98.4 Å². The van der Waals surface area contributed by atoms with E-state index in [0.717, 1.165) is 22.5 Å². The molecule has 0 aliphatic rings. The van der Waals surface area contributed by atoms with Crippen molar-refractivity contribution in [1.29, 1.82) is 0 Å². The standard InChI is InChI=1S/C29H23Cl2N5O3S/c1-3-38-19-9-7-18(8-10-19)36-34-24-15-17(2)23(16-25(24)35-36)32-29(40)33-27(37)14-12-20-11-13-26(39-20)21-5-4-6-22(30)28(21)31/h4-16H,3H2,1-2H3,(H2,32,33,37,40). The third-order valence-corrected chi connectivity index (χ3v) is 6.86. The number of halogens is 2. The van der Waals surface area contributed by atoms with Crippen molar-refractivity contribution in [2.75, 3.05) is 11.9 Å². The van der Waals surface area contributed by atoms with Gasteiger partial charge in [-0.2, -0.15) is 4.80 Å². The summed E-state index contributed by atoms with van der Waals surface area (Å²) in [6.45, 7) is 4.46. The average Bonchev–Trinajstić information content (AvgIpc) is 3.57. The van der Waals surface area contributed by atoms with Crippen LogP contribution in [-0.2, 0) is 4.79 Å². The lowest BCUT2D eigenvalue weighted by Gasteiger charge is -2.10. The molecule has 0 unspecified atom stereocenters. The number of nitrogens with zero attached hydrogens (tertiary/aromatic N) is 3. The van der Waals surface area contributed by atoms with Crippen molar-refractivity contribution in [2.45, 2.75) is 13.8 Å². The average molecular weight is 593 g/mol. The normalized spacial score (nSPS) is 11.2. The van der Waals surface area contributed by atoms with Crippen molar-refractivity contribution < 1.29 is 13.9 Å². The number of furan rings is 1. The molecule has 0 saturated carbocycles. The number of aryl methyl sites for hydroxylation is 1. The highest BCUT2D eigenvalue weighted by Crippen LogP contribution is 2.34. The topological polar surface area (TPSA) is 94.2 Å². The Labute approximate surface area is 245 Å². The molecule has 1 amide bonds. The smallest absolute Gasteiger partial charge is 0.250 e. The van der Waals surface area contributed by atoms with E-state index >= 15 is 0 Å². The Morgan fingerprint density at radius 2 is 1.82 bits per heavy atom. The fraction of sp³-hybridized carbons (Fsp3) is 0.103. The second-order valence-corrected chi connectivity index (χ2v) is 9.85. The molecule has 0 spiro atoms. The van der Waals surface area contributed by atoms with Gasteiger partial charge in [-0.15, -0.1) is 10.2 Å². The summed E-state index contributed by atoms with van der Waals surface area (Å²) in [6, 6.07) is 20.0. The SMILES string of the molecule is CCOc1ccc(-n2nc3cc(C)c(NC(=S)NC(=O)C=Cc4ccc(-c5cccc(Cl)c5Cl)o4)cc3n2)cc1. The second-order valence-electron chi connectivity index (χ2n) is 8.65. The Kier molecular flexibility index (Phi) is 8.16. The molecule has 8 nitrogen and oxygen atoms in total. The molecule has 5 rings (SSSR count). The first-order valence-electron chi connectivity index (χ1n) is 12.3. The molecule has 202 valence electrons. The molecule has 0 aliphatic carbocycles. The van der Waals surface area contributed by atoms with Gasteiger partial charge in [0.15, 0.2) is 5.11 Å². The number of benzene rings is 3. The van der Waals surface area contributed by atoms with Crippen molar-refractivity contribution in [1.82, 2.24) is 20.3 Å². The number of ether oxygens (including phenoxy) is 1. The molecule has 2 aromatic heterocycles. The number of rotatable bonds is 7. The first-order valence-corrected chi connectivity index (χ1v) is 13.4. The summed E-state index contributed by atoms with van der Waals surface area (Å²) >= 11 is 17.7. The van der Waals surface area contributed by atoms with Gasteiger partial charge in [-0.1, -0.05) is 29.3 Å². The molecule has 0 saturated heterocycles. The van der Waals surface area contributed by atoms with Gasteiger partial charge in [0.2, 0.25) is 5.91 Å². The Balaban J connectivity index is 1.23. The maximum Gasteiger partial charge on any atom is 0.250 e. The maximum atomic E-state index is 12.5. The molecule has 3 aromatic carbocycles. The molecular formula is C29H23Cl2N5O3S. The molecule has 0 fully saturated rings. The molecule has 0 atom stereocenters. The molecule has 2 heterocycles. The van der Waals surface area contributed by atoms with Gasteiger partial charge in [-0.3, -0.25) is 10.1 Å². The summed E-state index contributed by atoms with van der Waals surface area (Å²) in [7, 11) is 0. The Bertz CT molecular complexity index is 1740. The van der Waals surface area contributed by atoms with Gasteiger partial charge in [-0.25, -0.2) is 0 Å². The minimum absolute atomic E-state index is 0.141. The number of anilines is 1. The van der Waals surface area contributed by atoms with Gasteiger partial charge in [0.25, 0.3) is 0 Å². The number of amides is 1. The number of carbonyl (C=O) groups is 1. The third kappa shape index (κ3) is 6.17. The van der Waals surface area contributed by atoms with E-state index in [2.05, 4.69) is 20.8 Å². The molecule has 5 aromatic rings. The summed E-state index contributed by atoms with van der Waals surface area (Å²) in [4.78, 5) is 14.0. The Morgan fingerprint density at radius 3 is 2.58 bits per heavy atom. The van der Waals surface area contributed by atoms with E-state index in [9.17, 15) is 4.79 Å². The minimum Gasteiger partial charge on any atom is -0.494 e. The van der Waals surface area contributed by atoms with Gasteiger partial charge in [0, 0.05) is 17.3 Å². The van der Waals surface area contributed by atoms with Gasteiger partial charge >= 0.3 is 0 Å². The summed E-state index contributed by atoms with van der Waals surface area (Å²) in [5.41, 5.74) is 4.46. The van der Waals surface area contributed by atoms with Crippen LogP contribution >= 0.6 is 35.4 Å². The molecule has 40 heavy (non-hydrogen) atoms.